The first-order chi connectivity index (χ1) is 13.0. The molecule has 0 radical (unpaired) electrons. The van der Waals surface area contributed by atoms with Gasteiger partial charge in [-0.2, -0.15) is 17.0 Å². The summed E-state index contributed by atoms with van der Waals surface area (Å²) in [7, 11) is 0. The quantitative estimate of drug-likeness (QED) is 0.664. The van der Waals surface area contributed by atoms with Gasteiger partial charge in [0.05, 0.1) is 22.2 Å². The van der Waals surface area contributed by atoms with Crippen molar-refractivity contribution in [3.8, 4) is 6.07 Å². The van der Waals surface area contributed by atoms with Crippen molar-refractivity contribution >= 4 is 35.2 Å². The van der Waals surface area contributed by atoms with Crippen LogP contribution in [0.3, 0.4) is 0 Å². The van der Waals surface area contributed by atoms with Crippen LogP contribution in [0, 0.1) is 11.3 Å². The Balaban J connectivity index is 1.71. The van der Waals surface area contributed by atoms with E-state index in [9.17, 15) is 9.59 Å². The minimum absolute atomic E-state index is 0.256. The third-order valence-electron chi connectivity index (χ3n) is 3.80. The Morgan fingerprint density at radius 3 is 2.63 bits per heavy atom. The lowest BCUT2D eigenvalue weighted by Crippen LogP contribution is -2.45. The minimum Gasteiger partial charge on any atom is -0.353 e. The third kappa shape index (κ3) is 6.31. The topological polar surface area (TPSA) is 82.0 Å². The molecule has 2 rings (SSSR count). The van der Waals surface area contributed by atoms with E-state index in [1.165, 1.54) is 0 Å². The van der Waals surface area contributed by atoms with Crippen molar-refractivity contribution in [2.45, 2.75) is 18.7 Å². The fourth-order valence-electron chi connectivity index (χ4n) is 2.32. The number of halogens is 1. The monoisotopic (exact) mass is 401 g/mol. The van der Waals surface area contributed by atoms with E-state index in [2.05, 4.69) is 16.7 Å². The molecule has 0 bridgehead atoms. The van der Waals surface area contributed by atoms with Gasteiger partial charge in [0, 0.05) is 18.1 Å². The second kappa shape index (κ2) is 10.6. The van der Waals surface area contributed by atoms with Gasteiger partial charge in [0.15, 0.2) is 0 Å². The van der Waals surface area contributed by atoms with Gasteiger partial charge < -0.3 is 10.6 Å². The summed E-state index contributed by atoms with van der Waals surface area (Å²) in [6, 6.07) is 15.7. The normalized spacial score (nSPS) is 11.3. The number of hydrogen-bond acceptors (Lipinski definition) is 4. The predicted molar refractivity (Wildman–Crippen MR) is 109 cm³/mol. The zero-order valence-corrected chi connectivity index (χ0v) is 16.4. The molecule has 5 nitrogen and oxygen atoms in total. The summed E-state index contributed by atoms with van der Waals surface area (Å²) in [6.45, 7) is 2.10. The van der Waals surface area contributed by atoms with Crippen molar-refractivity contribution in [1.82, 2.24) is 10.6 Å². The highest BCUT2D eigenvalue weighted by Gasteiger charge is 2.17. The molecule has 0 unspecified atom stereocenters. The van der Waals surface area contributed by atoms with Gasteiger partial charge in [-0.25, -0.2) is 0 Å². The van der Waals surface area contributed by atoms with Gasteiger partial charge in [-0.1, -0.05) is 41.9 Å². The maximum atomic E-state index is 12.2. The summed E-state index contributed by atoms with van der Waals surface area (Å²) in [5.74, 6) is 0.772. The van der Waals surface area contributed by atoms with Gasteiger partial charge in [-0.3, -0.25) is 9.59 Å². The molecule has 2 aromatic rings. The number of nitrogens with one attached hydrogen (secondary N) is 2. The van der Waals surface area contributed by atoms with Gasteiger partial charge in [-0.05, 0) is 30.7 Å². The Kier molecular flexibility index (Phi) is 8.18. The molecule has 0 fully saturated rings. The number of thioether (sulfide) groups is 1. The van der Waals surface area contributed by atoms with Gasteiger partial charge >= 0.3 is 0 Å². The van der Waals surface area contributed by atoms with E-state index < -0.39 is 6.04 Å². The van der Waals surface area contributed by atoms with Crippen molar-refractivity contribution in [2.24, 2.45) is 0 Å². The van der Waals surface area contributed by atoms with Crippen molar-refractivity contribution < 1.29 is 9.59 Å². The van der Waals surface area contributed by atoms with E-state index in [0.717, 1.165) is 5.56 Å². The number of amides is 2. The average molecular weight is 402 g/mol. The molecular weight excluding hydrogens is 382 g/mol. The third-order valence-corrected chi connectivity index (χ3v) is 5.14. The van der Waals surface area contributed by atoms with E-state index in [-0.39, 0.29) is 11.8 Å². The molecule has 2 N–H and O–H groups in total. The molecule has 0 spiro atoms. The molecule has 140 valence electrons. The highest BCUT2D eigenvalue weighted by atomic mass is 35.5. The molecule has 0 aliphatic heterocycles. The summed E-state index contributed by atoms with van der Waals surface area (Å²) in [5.41, 5.74) is 1.99. The smallest absolute Gasteiger partial charge is 0.253 e. The number of hydrogen-bond donors (Lipinski definition) is 2. The maximum Gasteiger partial charge on any atom is 0.253 e. The zero-order chi connectivity index (χ0) is 19.6. The molecule has 2 amide bonds. The molecule has 0 aromatic heterocycles. The van der Waals surface area contributed by atoms with Gasteiger partial charge in [0.1, 0.15) is 6.04 Å². The molecule has 0 heterocycles. The van der Waals surface area contributed by atoms with Gasteiger partial charge in [0.2, 0.25) is 5.91 Å². The Morgan fingerprint density at radius 1 is 1.19 bits per heavy atom. The fourth-order valence-corrected chi connectivity index (χ4v) is 3.41. The largest absolute Gasteiger partial charge is 0.353 e. The summed E-state index contributed by atoms with van der Waals surface area (Å²) in [6.07, 6.45) is 0. The number of nitriles is 1. The first-order valence-electron chi connectivity index (χ1n) is 8.41. The Bertz CT molecular complexity index is 851. The predicted octanol–water partition coefficient (Wildman–Crippen LogP) is 3.38. The summed E-state index contributed by atoms with van der Waals surface area (Å²) in [5, 5.41) is 14.8. The van der Waals surface area contributed by atoms with Crippen LogP contribution >= 0.6 is 23.4 Å². The van der Waals surface area contributed by atoms with Crippen LogP contribution in [0.1, 0.15) is 28.4 Å². The highest BCUT2D eigenvalue weighted by Crippen LogP contribution is 2.16. The van der Waals surface area contributed by atoms with Crippen LogP contribution < -0.4 is 10.6 Å². The Morgan fingerprint density at radius 2 is 1.89 bits per heavy atom. The van der Waals surface area contributed by atoms with Crippen LogP contribution in [0.5, 0.6) is 0 Å². The van der Waals surface area contributed by atoms with Crippen LogP contribution in [-0.4, -0.2) is 30.2 Å². The summed E-state index contributed by atoms with van der Waals surface area (Å²) in [4.78, 5) is 24.3. The summed E-state index contributed by atoms with van der Waals surface area (Å²) < 4.78 is 0. The number of benzene rings is 2. The molecule has 0 aliphatic carbocycles. The number of rotatable bonds is 8. The lowest BCUT2D eigenvalue weighted by molar-refractivity contribution is -0.122. The van der Waals surface area contributed by atoms with Crippen LogP contribution in [0.2, 0.25) is 5.02 Å². The lowest BCUT2D eigenvalue weighted by atomic mass is 10.1. The maximum absolute atomic E-state index is 12.2. The lowest BCUT2D eigenvalue weighted by Gasteiger charge is -2.14. The second-order valence-electron chi connectivity index (χ2n) is 5.79. The van der Waals surface area contributed by atoms with Crippen LogP contribution in [0.15, 0.2) is 48.5 Å². The number of carbonyl (C=O) groups excluding carboxylic acids is 2. The molecule has 7 heteroatoms. The zero-order valence-electron chi connectivity index (χ0n) is 14.9. The van der Waals surface area contributed by atoms with Crippen molar-refractivity contribution in [3.63, 3.8) is 0 Å². The first-order valence-corrected chi connectivity index (χ1v) is 9.95. The van der Waals surface area contributed by atoms with Crippen LogP contribution in [0.4, 0.5) is 0 Å². The first kappa shape index (κ1) is 20.8. The van der Waals surface area contributed by atoms with Crippen molar-refractivity contribution in [3.05, 3.63) is 70.2 Å². The SMILES string of the molecule is C[C@H](NC(=O)c1ccccc1Cl)C(=O)NCCSCc1ccccc1C#N. The summed E-state index contributed by atoms with van der Waals surface area (Å²) >= 11 is 7.62. The molecule has 2 aromatic carbocycles. The Labute approximate surface area is 168 Å². The number of carbonyl (C=O) groups is 2. The standard InChI is InChI=1S/C20H20ClN3O2S/c1-14(24-20(26)17-8-4-5-9-18(17)21)19(25)23-10-11-27-13-16-7-3-2-6-15(16)12-22/h2-9,14H,10-11,13H2,1H3,(H,23,25)(H,24,26)/t14-/m0/s1. The Hall–Kier alpha value is -2.49. The van der Waals surface area contributed by atoms with Crippen LogP contribution in [0.25, 0.3) is 0 Å². The van der Waals surface area contributed by atoms with E-state index in [1.54, 1.807) is 49.0 Å². The molecule has 0 saturated carbocycles. The van der Waals surface area contributed by atoms with Gasteiger partial charge in [-0.15, -0.1) is 0 Å². The molecule has 27 heavy (non-hydrogen) atoms. The van der Waals surface area contributed by atoms with E-state index in [0.29, 0.717) is 34.2 Å². The fraction of sp³-hybridized carbons (Fsp3) is 0.250. The van der Waals surface area contributed by atoms with Crippen molar-refractivity contribution in [2.75, 3.05) is 12.3 Å². The second-order valence-corrected chi connectivity index (χ2v) is 7.30. The molecular formula is C20H20ClN3O2S. The van der Waals surface area contributed by atoms with E-state index in [1.807, 2.05) is 18.2 Å². The molecule has 1 atom stereocenters. The average Bonchev–Trinajstić information content (AvgIpc) is 2.68. The molecule has 0 aliphatic rings. The number of nitrogens with zero attached hydrogens (tertiary/aromatic N) is 1. The van der Waals surface area contributed by atoms with E-state index >= 15 is 0 Å². The van der Waals surface area contributed by atoms with Crippen LogP contribution in [-0.2, 0) is 10.5 Å². The van der Waals surface area contributed by atoms with Crippen molar-refractivity contribution in [1.29, 1.82) is 5.26 Å². The van der Waals surface area contributed by atoms with Gasteiger partial charge in [0.25, 0.3) is 5.91 Å². The molecule has 0 saturated heterocycles. The van der Waals surface area contributed by atoms with E-state index in [4.69, 9.17) is 16.9 Å². The highest BCUT2D eigenvalue weighted by molar-refractivity contribution is 7.98. The minimum atomic E-state index is -0.668.